The molecule has 1 heterocycles. The zero-order valence-electron chi connectivity index (χ0n) is 22.1. The van der Waals surface area contributed by atoms with E-state index in [0.717, 1.165) is 34.6 Å². The number of benzene rings is 3. The maximum Gasteiger partial charge on any atom is 0.257 e. The standard InChI is InChI=1S/C31H34F2N4O/c1-21(2)29(36(18-10-17-34)31(38)26-16-15-25(32)19-27(26)33)30-35-28(24-13-8-5-9-14-24)22(3)37(30)20-23-11-6-4-7-12-23/h4-9,11-16,19,21,29H,10,17-18,20,34H2,1-3H3. The van der Waals surface area contributed by atoms with E-state index in [-0.39, 0.29) is 11.5 Å². The summed E-state index contributed by atoms with van der Waals surface area (Å²) in [7, 11) is 0. The van der Waals surface area contributed by atoms with E-state index in [2.05, 4.69) is 16.7 Å². The molecule has 0 fully saturated rings. The van der Waals surface area contributed by atoms with Gasteiger partial charge in [0.05, 0.1) is 17.3 Å². The molecule has 7 heteroatoms. The van der Waals surface area contributed by atoms with Crippen molar-refractivity contribution in [3.63, 3.8) is 0 Å². The lowest BCUT2D eigenvalue weighted by Gasteiger charge is -2.35. The van der Waals surface area contributed by atoms with E-state index in [1.165, 1.54) is 6.07 Å². The number of hydrogen-bond donors (Lipinski definition) is 1. The fraction of sp³-hybridized carbons (Fsp3) is 0.290. The average molecular weight is 517 g/mol. The zero-order chi connectivity index (χ0) is 27.2. The Morgan fingerprint density at radius 1 is 1.00 bits per heavy atom. The molecule has 4 aromatic rings. The van der Waals surface area contributed by atoms with E-state index in [9.17, 15) is 13.6 Å². The number of nitrogens with zero attached hydrogens (tertiary/aromatic N) is 3. The molecule has 1 atom stereocenters. The SMILES string of the molecule is Cc1c(-c2ccccc2)nc(C(C(C)C)N(CCCN)C(=O)c2ccc(F)cc2F)n1Cc1ccccc1. The van der Waals surface area contributed by atoms with Crippen LogP contribution in [0.2, 0.25) is 0 Å². The number of carbonyl (C=O) groups is 1. The Bertz CT molecular complexity index is 1370. The second-order valence-electron chi connectivity index (χ2n) is 9.80. The fourth-order valence-corrected chi connectivity index (χ4v) is 4.86. The fourth-order valence-electron chi connectivity index (χ4n) is 4.86. The van der Waals surface area contributed by atoms with Crippen LogP contribution in [0.4, 0.5) is 8.78 Å². The first-order chi connectivity index (χ1) is 18.3. The third kappa shape index (κ3) is 5.83. The molecule has 1 aromatic heterocycles. The number of aromatic nitrogens is 2. The van der Waals surface area contributed by atoms with Gasteiger partial charge in [-0.25, -0.2) is 13.8 Å². The maximum atomic E-state index is 14.8. The summed E-state index contributed by atoms with van der Waals surface area (Å²) in [6.07, 6.45) is 0.529. The Labute approximate surface area is 222 Å². The molecule has 0 radical (unpaired) electrons. The van der Waals surface area contributed by atoms with Crippen LogP contribution in [-0.2, 0) is 6.54 Å². The molecule has 4 rings (SSSR count). The highest BCUT2D eigenvalue weighted by Gasteiger charge is 2.34. The van der Waals surface area contributed by atoms with Gasteiger partial charge in [0.1, 0.15) is 17.5 Å². The molecule has 5 nitrogen and oxygen atoms in total. The third-order valence-corrected chi connectivity index (χ3v) is 6.74. The lowest BCUT2D eigenvalue weighted by atomic mass is 9.99. The van der Waals surface area contributed by atoms with Gasteiger partial charge in [-0.15, -0.1) is 0 Å². The highest BCUT2D eigenvalue weighted by Crippen LogP contribution is 2.35. The first-order valence-electron chi connectivity index (χ1n) is 12.9. The molecule has 0 saturated heterocycles. The summed E-state index contributed by atoms with van der Waals surface area (Å²) in [5.41, 5.74) is 9.54. The van der Waals surface area contributed by atoms with Crippen LogP contribution in [0, 0.1) is 24.5 Å². The van der Waals surface area contributed by atoms with Crippen LogP contribution < -0.4 is 5.73 Å². The van der Waals surface area contributed by atoms with Crippen LogP contribution >= 0.6 is 0 Å². The van der Waals surface area contributed by atoms with Gasteiger partial charge in [-0.1, -0.05) is 74.5 Å². The van der Waals surface area contributed by atoms with Gasteiger partial charge in [0, 0.05) is 30.4 Å². The van der Waals surface area contributed by atoms with Crippen molar-refractivity contribution in [2.75, 3.05) is 13.1 Å². The number of amides is 1. The topological polar surface area (TPSA) is 64.2 Å². The predicted octanol–water partition coefficient (Wildman–Crippen LogP) is 6.37. The number of hydrogen-bond acceptors (Lipinski definition) is 3. The van der Waals surface area contributed by atoms with Crippen molar-refractivity contribution in [1.29, 1.82) is 0 Å². The van der Waals surface area contributed by atoms with E-state index in [0.29, 0.717) is 31.9 Å². The molecule has 1 amide bonds. The largest absolute Gasteiger partial charge is 0.330 e. The van der Waals surface area contributed by atoms with Crippen molar-refractivity contribution in [2.45, 2.75) is 39.8 Å². The van der Waals surface area contributed by atoms with Gasteiger partial charge in [-0.3, -0.25) is 4.79 Å². The summed E-state index contributed by atoms with van der Waals surface area (Å²) in [4.78, 5) is 20.6. The van der Waals surface area contributed by atoms with Gasteiger partial charge in [0.25, 0.3) is 5.91 Å². The molecule has 3 aromatic carbocycles. The Morgan fingerprint density at radius 2 is 1.66 bits per heavy atom. The van der Waals surface area contributed by atoms with Crippen molar-refractivity contribution in [2.24, 2.45) is 11.7 Å². The van der Waals surface area contributed by atoms with Gasteiger partial charge < -0.3 is 15.2 Å². The van der Waals surface area contributed by atoms with Crippen molar-refractivity contribution in [3.8, 4) is 11.3 Å². The van der Waals surface area contributed by atoms with Gasteiger partial charge >= 0.3 is 0 Å². The van der Waals surface area contributed by atoms with Crippen molar-refractivity contribution < 1.29 is 13.6 Å². The second-order valence-corrected chi connectivity index (χ2v) is 9.80. The summed E-state index contributed by atoms with van der Waals surface area (Å²) in [6, 6.07) is 22.6. The second kappa shape index (κ2) is 12.1. The molecule has 0 saturated carbocycles. The normalized spacial score (nSPS) is 12.1. The maximum absolute atomic E-state index is 14.8. The molecular weight excluding hydrogens is 482 g/mol. The molecule has 0 aliphatic heterocycles. The summed E-state index contributed by atoms with van der Waals surface area (Å²) >= 11 is 0. The molecule has 198 valence electrons. The van der Waals surface area contributed by atoms with E-state index in [1.54, 1.807) is 4.90 Å². The molecule has 1 unspecified atom stereocenters. The van der Waals surface area contributed by atoms with Crippen LogP contribution in [0.1, 0.15) is 53.7 Å². The first-order valence-corrected chi connectivity index (χ1v) is 12.9. The predicted molar refractivity (Wildman–Crippen MR) is 147 cm³/mol. The monoisotopic (exact) mass is 516 g/mol. The zero-order valence-corrected chi connectivity index (χ0v) is 22.1. The van der Waals surface area contributed by atoms with Crippen LogP contribution in [0.25, 0.3) is 11.3 Å². The average Bonchev–Trinajstić information content (AvgIpc) is 3.22. The molecule has 0 bridgehead atoms. The van der Waals surface area contributed by atoms with Gasteiger partial charge in [-0.05, 0) is 43.5 Å². The van der Waals surface area contributed by atoms with E-state index >= 15 is 0 Å². The number of halogens is 2. The Morgan fingerprint density at radius 3 is 2.26 bits per heavy atom. The van der Waals surface area contributed by atoms with Crippen molar-refractivity contribution in [3.05, 3.63) is 113 Å². The smallest absolute Gasteiger partial charge is 0.257 e. The van der Waals surface area contributed by atoms with E-state index in [1.807, 2.05) is 69.3 Å². The van der Waals surface area contributed by atoms with Gasteiger partial charge in [0.15, 0.2) is 0 Å². The lowest BCUT2D eigenvalue weighted by Crippen LogP contribution is -2.40. The highest BCUT2D eigenvalue weighted by atomic mass is 19.1. The molecule has 0 aliphatic carbocycles. The number of rotatable bonds is 10. The minimum absolute atomic E-state index is 0.0554. The minimum Gasteiger partial charge on any atom is -0.330 e. The molecule has 0 spiro atoms. The Hall–Kier alpha value is -3.84. The number of nitrogens with two attached hydrogens (primary N) is 1. The summed E-state index contributed by atoms with van der Waals surface area (Å²) in [5, 5.41) is 0. The van der Waals surface area contributed by atoms with Crippen molar-refractivity contribution >= 4 is 5.91 Å². The van der Waals surface area contributed by atoms with Crippen LogP contribution in [0.15, 0.2) is 78.9 Å². The lowest BCUT2D eigenvalue weighted by molar-refractivity contribution is 0.0599. The van der Waals surface area contributed by atoms with E-state index in [4.69, 9.17) is 10.7 Å². The van der Waals surface area contributed by atoms with Crippen molar-refractivity contribution in [1.82, 2.24) is 14.5 Å². The molecule has 38 heavy (non-hydrogen) atoms. The van der Waals surface area contributed by atoms with Crippen LogP contribution in [0.5, 0.6) is 0 Å². The highest BCUT2D eigenvalue weighted by molar-refractivity contribution is 5.94. The Balaban J connectivity index is 1.88. The quantitative estimate of drug-likeness (QED) is 0.266. The van der Waals surface area contributed by atoms with E-state index < -0.39 is 23.6 Å². The molecule has 0 aliphatic rings. The summed E-state index contributed by atoms with van der Waals surface area (Å²) in [6.45, 7) is 7.32. The Kier molecular flexibility index (Phi) is 8.69. The van der Waals surface area contributed by atoms with Crippen LogP contribution in [0.3, 0.4) is 0 Å². The molecular formula is C31H34F2N4O. The first kappa shape index (κ1) is 27.2. The summed E-state index contributed by atoms with van der Waals surface area (Å²) < 4.78 is 30.6. The molecule has 2 N–H and O–H groups in total. The number of imidazole rings is 1. The number of carbonyl (C=O) groups excluding carboxylic acids is 1. The third-order valence-electron chi connectivity index (χ3n) is 6.74. The minimum atomic E-state index is -0.885. The van der Waals surface area contributed by atoms with Gasteiger partial charge in [-0.2, -0.15) is 0 Å². The summed E-state index contributed by atoms with van der Waals surface area (Å²) in [5.74, 6) is -1.46. The van der Waals surface area contributed by atoms with Crippen LogP contribution in [-0.4, -0.2) is 33.4 Å². The van der Waals surface area contributed by atoms with Gasteiger partial charge in [0.2, 0.25) is 0 Å².